The van der Waals surface area contributed by atoms with Crippen LogP contribution in [0, 0.1) is 0 Å². The molecule has 0 aromatic heterocycles. The van der Waals surface area contributed by atoms with Crippen LogP contribution >= 0.6 is 0 Å². The van der Waals surface area contributed by atoms with Gasteiger partial charge in [0.2, 0.25) is 0 Å². The van der Waals surface area contributed by atoms with Crippen LogP contribution in [0.15, 0.2) is 54.6 Å². The maximum atomic E-state index is 12.6. The molecule has 2 aromatic carbocycles. The van der Waals surface area contributed by atoms with Gasteiger partial charge in [-0.3, -0.25) is 4.90 Å². The molecule has 28 heavy (non-hydrogen) atoms. The third-order valence-corrected chi connectivity index (χ3v) is 4.36. The second kappa shape index (κ2) is 8.33. The number of carbonyl (C=O) groups is 2. The number of fused-ring (bicyclic) bond motifs is 1. The molecule has 6 nitrogen and oxygen atoms in total. The molecule has 3 rings (SSSR count). The van der Waals surface area contributed by atoms with E-state index in [1.165, 1.54) is 0 Å². The summed E-state index contributed by atoms with van der Waals surface area (Å²) in [6, 6.07) is 16.8. The van der Waals surface area contributed by atoms with Crippen LogP contribution < -0.4 is 10.2 Å². The van der Waals surface area contributed by atoms with Crippen LogP contribution in [0.4, 0.5) is 15.3 Å². The molecule has 0 saturated carbocycles. The number of nitrogens with zero attached hydrogens (tertiary/aromatic N) is 1. The Hall–Kier alpha value is -3.02. The van der Waals surface area contributed by atoms with E-state index in [1.54, 1.807) is 4.90 Å². The molecule has 0 saturated heterocycles. The number of carbonyl (C=O) groups excluding carboxylic acids is 2. The van der Waals surface area contributed by atoms with Gasteiger partial charge in [-0.25, -0.2) is 9.59 Å². The standard InChI is InChI=1S/C22H26N2O4/c1-22(2,3)28-21(26)24-14-13-18(17-11-7-8-12-19(17)24)23-20(25)27-15-16-9-5-4-6-10-16/h4-12,18H,13-15H2,1-3H3,(H,23,25)/t18-/m0/s1. The summed E-state index contributed by atoms with van der Waals surface area (Å²) in [7, 11) is 0. The van der Waals surface area contributed by atoms with Gasteiger partial charge in [0.05, 0.1) is 11.7 Å². The first-order valence-corrected chi connectivity index (χ1v) is 9.40. The maximum absolute atomic E-state index is 12.6. The number of ether oxygens (including phenoxy) is 2. The lowest BCUT2D eigenvalue weighted by Gasteiger charge is -2.35. The fourth-order valence-electron chi connectivity index (χ4n) is 3.13. The monoisotopic (exact) mass is 382 g/mol. The third-order valence-electron chi connectivity index (χ3n) is 4.36. The average Bonchev–Trinajstić information content (AvgIpc) is 2.66. The molecule has 1 heterocycles. The first-order valence-electron chi connectivity index (χ1n) is 9.40. The summed E-state index contributed by atoms with van der Waals surface area (Å²) in [5.74, 6) is 0. The Morgan fingerprint density at radius 3 is 2.46 bits per heavy atom. The molecule has 6 heteroatoms. The van der Waals surface area contributed by atoms with Crippen molar-refractivity contribution in [3.05, 3.63) is 65.7 Å². The number of rotatable bonds is 3. The van der Waals surface area contributed by atoms with Gasteiger partial charge in [-0.1, -0.05) is 48.5 Å². The average molecular weight is 382 g/mol. The summed E-state index contributed by atoms with van der Waals surface area (Å²) in [4.78, 5) is 26.4. The van der Waals surface area contributed by atoms with Crippen molar-refractivity contribution in [3.63, 3.8) is 0 Å². The smallest absolute Gasteiger partial charge is 0.414 e. The molecular formula is C22H26N2O4. The van der Waals surface area contributed by atoms with Gasteiger partial charge >= 0.3 is 12.2 Å². The molecule has 0 spiro atoms. The summed E-state index contributed by atoms with van der Waals surface area (Å²) in [5.41, 5.74) is 1.98. The Morgan fingerprint density at radius 2 is 1.75 bits per heavy atom. The van der Waals surface area contributed by atoms with Crippen molar-refractivity contribution in [1.29, 1.82) is 0 Å². The second-order valence-corrected chi connectivity index (χ2v) is 7.74. The van der Waals surface area contributed by atoms with Gasteiger partial charge in [0.15, 0.2) is 0 Å². The summed E-state index contributed by atoms with van der Waals surface area (Å²) >= 11 is 0. The van der Waals surface area contributed by atoms with E-state index in [-0.39, 0.29) is 18.7 Å². The summed E-state index contributed by atoms with van der Waals surface area (Å²) in [5, 5.41) is 2.91. The molecule has 0 bridgehead atoms. The molecule has 2 aromatic rings. The van der Waals surface area contributed by atoms with Gasteiger partial charge in [-0.05, 0) is 44.4 Å². The van der Waals surface area contributed by atoms with Crippen LogP contribution in [0.3, 0.4) is 0 Å². The minimum absolute atomic E-state index is 0.213. The van der Waals surface area contributed by atoms with Crippen LogP contribution in [0.25, 0.3) is 0 Å². The van der Waals surface area contributed by atoms with E-state index in [9.17, 15) is 9.59 Å². The predicted molar refractivity (Wildman–Crippen MR) is 107 cm³/mol. The number of para-hydroxylation sites is 1. The molecule has 0 aliphatic carbocycles. The first kappa shape index (κ1) is 19.7. The van der Waals surface area contributed by atoms with E-state index >= 15 is 0 Å². The Balaban J connectivity index is 1.67. The largest absolute Gasteiger partial charge is 0.445 e. The van der Waals surface area contributed by atoms with Crippen molar-refractivity contribution < 1.29 is 19.1 Å². The van der Waals surface area contributed by atoms with E-state index in [1.807, 2.05) is 75.4 Å². The van der Waals surface area contributed by atoms with E-state index < -0.39 is 11.7 Å². The molecule has 2 amide bonds. The quantitative estimate of drug-likeness (QED) is 0.828. The lowest BCUT2D eigenvalue weighted by molar-refractivity contribution is 0.0576. The van der Waals surface area contributed by atoms with Crippen LogP contribution in [-0.4, -0.2) is 24.3 Å². The molecular weight excluding hydrogens is 356 g/mol. The van der Waals surface area contributed by atoms with Crippen LogP contribution in [0.2, 0.25) is 0 Å². The topological polar surface area (TPSA) is 67.9 Å². The molecule has 1 atom stereocenters. The maximum Gasteiger partial charge on any atom is 0.414 e. The SMILES string of the molecule is CC(C)(C)OC(=O)N1CC[C@H](NC(=O)OCc2ccccc2)c2ccccc21. The highest BCUT2D eigenvalue weighted by Gasteiger charge is 2.32. The number of benzene rings is 2. The zero-order valence-electron chi connectivity index (χ0n) is 16.5. The van der Waals surface area contributed by atoms with Gasteiger partial charge in [0.25, 0.3) is 0 Å². The number of hydrogen-bond acceptors (Lipinski definition) is 4. The molecule has 1 aliphatic heterocycles. The van der Waals surface area contributed by atoms with Crippen LogP contribution in [0.1, 0.15) is 44.4 Å². The molecule has 1 N–H and O–H groups in total. The highest BCUT2D eigenvalue weighted by molar-refractivity contribution is 5.90. The lowest BCUT2D eigenvalue weighted by Crippen LogP contribution is -2.43. The fraction of sp³-hybridized carbons (Fsp3) is 0.364. The molecule has 0 fully saturated rings. The van der Waals surface area contributed by atoms with Crippen molar-refractivity contribution in [2.45, 2.75) is 45.4 Å². The summed E-state index contributed by atoms with van der Waals surface area (Å²) in [6.45, 7) is 6.19. The summed E-state index contributed by atoms with van der Waals surface area (Å²) < 4.78 is 10.8. The third kappa shape index (κ3) is 5.03. The predicted octanol–water partition coefficient (Wildman–Crippen LogP) is 4.80. The van der Waals surface area contributed by atoms with Crippen LogP contribution in [0.5, 0.6) is 0 Å². The number of amides is 2. The molecule has 1 aliphatic rings. The molecule has 0 unspecified atom stereocenters. The van der Waals surface area contributed by atoms with Gasteiger partial charge in [-0.15, -0.1) is 0 Å². The number of nitrogens with one attached hydrogen (secondary N) is 1. The highest BCUT2D eigenvalue weighted by Crippen LogP contribution is 2.34. The van der Waals surface area contributed by atoms with Crippen molar-refractivity contribution in [1.82, 2.24) is 5.32 Å². The molecule has 148 valence electrons. The Bertz CT molecular complexity index is 830. The van der Waals surface area contributed by atoms with E-state index in [0.717, 1.165) is 16.8 Å². The van der Waals surface area contributed by atoms with Gasteiger partial charge in [0.1, 0.15) is 12.2 Å². The number of alkyl carbamates (subject to hydrolysis) is 1. The fourth-order valence-corrected chi connectivity index (χ4v) is 3.13. The first-order chi connectivity index (χ1) is 13.3. The second-order valence-electron chi connectivity index (χ2n) is 7.74. The van der Waals surface area contributed by atoms with Crippen molar-refractivity contribution in [2.24, 2.45) is 0 Å². The van der Waals surface area contributed by atoms with Crippen molar-refractivity contribution in [2.75, 3.05) is 11.4 Å². The van der Waals surface area contributed by atoms with Gasteiger partial charge < -0.3 is 14.8 Å². The minimum Gasteiger partial charge on any atom is -0.445 e. The normalized spacial score (nSPS) is 16.1. The Morgan fingerprint density at radius 1 is 1.07 bits per heavy atom. The zero-order chi connectivity index (χ0) is 20.1. The van der Waals surface area contributed by atoms with Crippen molar-refractivity contribution >= 4 is 17.9 Å². The Labute approximate surface area is 165 Å². The van der Waals surface area contributed by atoms with E-state index in [0.29, 0.717) is 13.0 Å². The van der Waals surface area contributed by atoms with Crippen LogP contribution in [-0.2, 0) is 16.1 Å². The zero-order valence-corrected chi connectivity index (χ0v) is 16.5. The molecule has 0 radical (unpaired) electrons. The van der Waals surface area contributed by atoms with Gasteiger partial charge in [0, 0.05) is 6.54 Å². The number of hydrogen-bond donors (Lipinski definition) is 1. The Kier molecular flexibility index (Phi) is 5.87. The number of anilines is 1. The van der Waals surface area contributed by atoms with Crippen molar-refractivity contribution in [3.8, 4) is 0 Å². The lowest BCUT2D eigenvalue weighted by atomic mass is 9.97. The highest BCUT2D eigenvalue weighted by atomic mass is 16.6. The summed E-state index contributed by atoms with van der Waals surface area (Å²) in [6.07, 6.45) is -0.282. The minimum atomic E-state index is -0.567. The van der Waals surface area contributed by atoms with Gasteiger partial charge in [-0.2, -0.15) is 0 Å². The van der Waals surface area contributed by atoms with E-state index in [4.69, 9.17) is 9.47 Å². The van der Waals surface area contributed by atoms with E-state index in [2.05, 4.69) is 5.32 Å².